The van der Waals surface area contributed by atoms with Crippen LogP contribution in [-0.2, 0) is 30.7 Å². The van der Waals surface area contributed by atoms with Crippen molar-refractivity contribution < 1.29 is 46.1 Å². The summed E-state index contributed by atoms with van der Waals surface area (Å²) in [6.07, 6.45) is -1.77. The van der Waals surface area contributed by atoms with Gasteiger partial charge in [0.2, 0.25) is 5.95 Å². The van der Waals surface area contributed by atoms with Gasteiger partial charge in [0, 0.05) is 31.1 Å². The summed E-state index contributed by atoms with van der Waals surface area (Å²) < 4.78 is 86.5. The molecule has 0 aliphatic rings. The summed E-state index contributed by atoms with van der Waals surface area (Å²) in [7, 11) is 2.92. The van der Waals surface area contributed by atoms with E-state index in [1.54, 1.807) is 29.2 Å². The summed E-state index contributed by atoms with van der Waals surface area (Å²) >= 11 is 0. The second-order valence-corrected chi connectivity index (χ2v) is 11.3. The van der Waals surface area contributed by atoms with Crippen LogP contribution < -0.4 is 19.1 Å². The Balaban J connectivity index is 1.81. The molecule has 4 rings (SSSR count). The molecule has 0 spiro atoms. The van der Waals surface area contributed by atoms with Crippen molar-refractivity contribution in [3.05, 3.63) is 94.6 Å². The Hall–Kier alpha value is -4.94. The molecule has 3 aromatic carbocycles. The van der Waals surface area contributed by atoms with Crippen LogP contribution in [0.4, 0.5) is 27.9 Å². The van der Waals surface area contributed by atoms with Crippen molar-refractivity contribution in [2.75, 3.05) is 25.7 Å². The van der Waals surface area contributed by atoms with Crippen molar-refractivity contribution in [3.63, 3.8) is 0 Å². The Kier molecular flexibility index (Phi) is 11.8. The third kappa shape index (κ3) is 9.11. The Bertz CT molecular complexity index is 1710. The zero-order chi connectivity index (χ0) is 35.0. The molecule has 0 fully saturated rings. The van der Waals surface area contributed by atoms with E-state index in [0.717, 1.165) is 12.1 Å². The first kappa shape index (κ1) is 35.9. The van der Waals surface area contributed by atoms with Gasteiger partial charge in [-0.3, -0.25) is 4.79 Å². The highest BCUT2D eigenvalue weighted by atomic mass is 19.4. The number of hydrogen-bond donors (Lipinski definition) is 1. The molecule has 1 N–H and O–H groups in total. The first-order valence-electron chi connectivity index (χ1n) is 15.0. The first-order valence-corrected chi connectivity index (χ1v) is 15.0. The number of aliphatic carboxylic acids is 1. The second-order valence-electron chi connectivity index (χ2n) is 11.3. The van der Waals surface area contributed by atoms with E-state index in [2.05, 4.69) is 9.97 Å². The van der Waals surface area contributed by atoms with E-state index in [9.17, 15) is 26.7 Å². The third-order valence-electron chi connectivity index (χ3n) is 7.51. The van der Waals surface area contributed by atoms with Crippen molar-refractivity contribution in [1.82, 2.24) is 9.97 Å². The fourth-order valence-electron chi connectivity index (χ4n) is 5.16. The van der Waals surface area contributed by atoms with Crippen LogP contribution in [0, 0.1) is 5.82 Å². The lowest BCUT2D eigenvalue weighted by molar-refractivity contribution is -0.138. The minimum Gasteiger partial charge on any atom is -0.497 e. The number of ether oxygens (including phenoxy) is 3. The lowest BCUT2D eigenvalue weighted by Gasteiger charge is -2.26. The minimum atomic E-state index is -4.70. The summed E-state index contributed by atoms with van der Waals surface area (Å²) in [6, 6.07) is 11.4. The predicted octanol–water partition coefficient (Wildman–Crippen LogP) is 8.36. The van der Waals surface area contributed by atoms with Crippen LogP contribution in [0.15, 0.2) is 60.9 Å². The van der Waals surface area contributed by atoms with E-state index in [0.29, 0.717) is 28.0 Å². The number of carbonyl (C=O) groups is 1. The van der Waals surface area contributed by atoms with Crippen molar-refractivity contribution in [2.45, 2.75) is 58.5 Å². The molecule has 0 radical (unpaired) electrons. The SMILES string of the molecule is COc1ccc(-c2cc(C(C)C)c(F)cc2OC)c(CN(Cc2cc(CF)cc(C(F)(F)F)c2)c2ncc(OCCCC(=O)O)cn2)c1. The average Bonchev–Trinajstić information content (AvgIpc) is 3.05. The van der Waals surface area contributed by atoms with Gasteiger partial charge in [0.1, 0.15) is 24.0 Å². The average molecular weight is 674 g/mol. The van der Waals surface area contributed by atoms with Crippen molar-refractivity contribution in [2.24, 2.45) is 0 Å². The number of benzene rings is 3. The van der Waals surface area contributed by atoms with Gasteiger partial charge in [-0.05, 0) is 70.5 Å². The molecule has 0 saturated heterocycles. The topological polar surface area (TPSA) is 94.0 Å². The Morgan fingerprint density at radius 2 is 1.62 bits per heavy atom. The van der Waals surface area contributed by atoms with Crippen LogP contribution in [0.25, 0.3) is 11.1 Å². The molecule has 1 aromatic heterocycles. The summed E-state index contributed by atoms with van der Waals surface area (Å²) in [5, 5.41) is 8.85. The van der Waals surface area contributed by atoms with E-state index >= 15 is 0 Å². The maximum absolute atomic E-state index is 15.0. The van der Waals surface area contributed by atoms with Gasteiger partial charge in [0.25, 0.3) is 0 Å². The van der Waals surface area contributed by atoms with Gasteiger partial charge in [-0.25, -0.2) is 18.7 Å². The monoisotopic (exact) mass is 673 g/mol. The molecule has 0 aliphatic heterocycles. The number of carboxylic acid groups (broad SMARTS) is 1. The molecule has 0 unspecified atom stereocenters. The summed E-state index contributed by atoms with van der Waals surface area (Å²) in [5.74, 6) is -0.366. The summed E-state index contributed by atoms with van der Waals surface area (Å²) in [5.41, 5.74) is 1.37. The van der Waals surface area contributed by atoms with Gasteiger partial charge in [-0.1, -0.05) is 26.0 Å². The number of carboxylic acids is 1. The van der Waals surface area contributed by atoms with Crippen LogP contribution in [0.1, 0.15) is 60.4 Å². The molecule has 1 heterocycles. The highest BCUT2D eigenvalue weighted by molar-refractivity contribution is 5.75. The molecular weight excluding hydrogens is 637 g/mol. The van der Waals surface area contributed by atoms with Crippen molar-refractivity contribution >= 4 is 11.9 Å². The third-order valence-corrected chi connectivity index (χ3v) is 7.51. The van der Waals surface area contributed by atoms with Crippen LogP contribution in [-0.4, -0.2) is 41.9 Å². The molecule has 0 aliphatic carbocycles. The lowest BCUT2D eigenvalue weighted by atomic mass is 9.93. The van der Waals surface area contributed by atoms with Crippen molar-refractivity contribution in [1.29, 1.82) is 0 Å². The molecule has 0 bridgehead atoms. The number of methoxy groups -OCH3 is 2. The smallest absolute Gasteiger partial charge is 0.416 e. The maximum Gasteiger partial charge on any atom is 0.416 e. The van der Waals surface area contributed by atoms with Gasteiger partial charge in [0.15, 0.2) is 5.75 Å². The highest BCUT2D eigenvalue weighted by Crippen LogP contribution is 2.39. The predicted molar refractivity (Wildman–Crippen MR) is 170 cm³/mol. The summed E-state index contributed by atoms with van der Waals surface area (Å²) in [6.45, 7) is 2.63. The lowest BCUT2D eigenvalue weighted by Crippen LogP contribution is -2.25. The summed E-state index contributed by atoms with van der Waals surface area (Å²) in [4.78, 5) is 21.2. The number of hydrogen-bond acceptors (Lipinski definition) is 7. The van der Waals surface area contributed by atoms with Crippen LogP contribution in [0.3, 0.4) is 0 Å². The van der Waals surface area contributed by atoms with Gasteiger partial charge in [-0.2, -0.15) is 13.2 Å². The standard InChI is InChI=1S/C35H36F5N3O5/c1-21(2)29-14-30(32(47-4)15-31(29)37)28-8-7-26(46-3)13-24(28)20-43(19-23-10-22(16-36)11-25(12-23)35(38,39)40)34-41-17-27(18-42-34)48-9-5-6-33(44)45/h7-8,10-15,17-18,21H,5-6,9,16,19-20H2,1-4H3,(H,44,45). The molecule has 48 heavy (non-hydrogen) atoms. The molecule has 0 amide bonds. The van der Waals surface area contributed by atoms with Gasteiger partial charge >= 0.3 is 12.1 Å². The Labute approximate surface area is 275 Å². The van der Waals surface area contributed by atoms with Gasteiger partial charge in [-0.15, -0.1) is 0 Å². The molecule has 0 saturated carbocycles. The minimum absolute atomic E-state index is 0.0318. The molecule has 8 nitrogen and oxygen atoms in total. The molecule has 0 atom stereocenters. The van der Waals surface area contributed by atoms with E-state index in [1.165, 1.54) is 38.7 Å². The van der Waals surface area contributed by atoms with E-state index in [-0.39, 0.29) is 67.0 Å². The number of rotatable bonds is 15. The first-order chi connectivity index (χ1) is 22.8. The molecular formula is C35H36F5N3O5. The van der Waals surface area contributed by atoms with E-state index < -0.39 is 30.2 Å². The molecule has 13 heteroatoms. The van der Waals surface area contributed by atoms with Gasteiger partial charge < -0.3 is 24.2 Å². The molecule has 4 aromatic rings. The van der Waals surface area contributed by atoms with Crippen LogP contribution in [0.2, 0.25) is 0 Å². The highest BCUT2D eigenvalue weighted by Gasteiger charge is 2.31. The number of nitrogens with zero attached hydrogens (tertiary/aromatic N) is 3. The normalized spacial score (nSPS) is 11.5. The Morgan fingerprint density at radius 1 is 0.917 bits per heavy atom. The zero-order valence-electron chi connectivity index (χ0n) is 26.9. The van der Waals surface area contributed by atoms with Crippen LogP contribution in [0.5, 0.6) is 17.2 Å². The quantitative estimate of drug-likeness (QED) is 0.0994. The van der Waals surface area contributed by atoms with Crippen LogP contribution >= 0.6 is 0 Å². The maximum atomic E-state index is 15.0. The van der Waals surface area contributed by atoms with Crippen molar-refractivity contribution in [3.8, 4) is 28.4 Å². The fraction of sp³-hybridized carbons (Fsp3) is 0.343. The zero-order valence-corrected chi connectivity index (χ0v) is 26.9. The second kappa shape index (κ2) is 15.8. The number of alkyl halides is 4. The number of halogens is 5. The molecule has 256 valence electrons. The van der Waals surface area contributed by atoms with E-state index in [1.807, 2.05) is 13.8 Å². The largest absolute Gasteiger partial charge is 0.497 e. The fourth-order valence-corrected chi connectivity index (χ4v) is 5.16. The number of anilines is 1. The van der Waals surface area contributed by atoms with Gasteiger partial charge in [0.05, 0.1) is 38.8 Å². The van der Waals surface area contributed by atoms with E-state index in [4.69, 9.17) is 19.3 Å². The number of aromatic nitrogens is 2. The Morgan fingerprint density at radius 3 is 2.23 bits per heavy atom.